The van der Waals surface area contributed by atoms with Gasteiger partial charge in [-0.25, -0.2) is 18.6 Å². The van der Waals surface area contributed by atoms with E-state index >= 15 is 0 Å². The summed E-state index contributed by atoms with van der Waals surface area (Å²) in [4.78, 5) is 15.2. The fourth-order valence-electron chi connectivity index (χ4n) is 4.51. The van der Waals surface area contributed by atoms with Crippen LogP contribution in [-0.2, 0) is 21.4 Å². The fourth-order valence-corrected chi connectivity index (χ4v) is 5.37. The second-order valence-electron chi connectivity index (χ2n) is 8.66. The summed E-state index contributed by atoms with van der Waals surface area (Å²) in [5.74, 6) is -0.355. The lowest BCUT2D eigenvalue weighted by Crippen LogP contribution is -2.36. The Hall–Kier alpha value is -4.12. The van der Waals surface area contributed by atoms with Crippen LogP contribution in [0.15, 0.2) is 94.9 Å². The molecule has 4 aromatic carbocycles. The standard InChI is InChI=1S/C27H23N5O3S2/c1-17-7-6-10-21-24(30-32(27(28)36)22-11-4-5-12-23(22)37(29,34)35)26(33)31(25(17)21)16-18-13-14-19-8-2-3-9-20(19)15-18/h2-15H,16H2,1H3,(H2,28,36)(H2,29,34,35)/b30-24-. The Balaban J connectivity index is 1.61. The molecule has 1 aliphatic rings. The summed E-state index contributed by atoms with van der Waals surface area (Å²) in [5.41, 5.74) is 9.27. The molecule has 37 heavy (non-hydrogen) atoms. The van der Waals surface area contributed by atoms with E-state index in [1.54, 1.807) is 17.0 Å². The highest BCUT2D eigenvalue weighted by molar-refractivity contribution is 7.89. The molecule has 0 spiro atoms. The number of carbonyl (C=O) groups is 1. The fraction of sp³-hybridized carbons (Fsp3) is 0.0741. The van der Waals surface area contributed by atoms with E-state index in [2.05, 4.69) is 11.2 Å². The largest absolute Gasteiger partial charge is 0.374 e. The first-order valence-electron chi connectivity index (χ1n) is 11.3. The molecule has 1 amide bonds. The number of hydrazone groups is 1. The van der Waals surface area contributed by atoms with Crippen molar-refractivity contribution < 1.29 is 13.2 Å². The number of fused-ring (bicyclic) bond motifs is 2. The number of aryl methyl sites for hydroxylation is 1. The van der Waals surface area contributed by atoms with Crippen LogP contribution in [0.3, 0.4) is 0 Å². The summed E-state index contributed by atoms with van der Waals surface area (Å²) in [7, 11) is -4.12. The molecule has 0 radical (unpaired) electrons. The van der Waals surface area contributed by atoms with E-state index in [0.29, 0.717) is 12.1 Å². The lowest BCUT2D eigenvalue weighted by Gasteiger charge is -2.20. The lowest BCUT2D eigenvalue weighted by molar-refractivity contribution is -0.112. The average molecular weight is 530 g/mol. The van der Waals surface area contributed by atoms with Crippen molar-refractivity contribution in [1.82, 2.24) is 0 Å². The summed E-state index contributed by atoms with van der Waals surface area (Å²) >= 11 is 5.19. The van der Waals surface area contributed by atoms with Crippen molar-refractivity contribution in [2.45, 2.75) is 18.4 Å². The van der Waals surface area contributed by atoms with Gasteiger partial charge in [0.05, 0.1) is 17.9 Å². The number of amides is 1. The molecule has 0 aromatic heterocycles. The number of hydrogen-bond donors (Lipinski definition) is 2. The van der Waals surface area contributed by atoms with Crippen LogP contribution >= 0.6 is 12.2 Å². The third-order valence-electron chi connectivity index (χ3n) is 6.17. The van der Waals surface area contributed by atoms with Crippen molar-refractivity contribution in [3.05, 3.63) is 102 Å². The molecular weight excluding hydrogens is 506 g/mol. The Morgan fingerprint density at radius 2 is 1.68 bits per heavy atom. The molecule has 8 nitrogen and oxygen atoms in total. The molecule has 1 aliphatic heterocycles. The van der Waals surface area contributed by atoms with E-state index in [0.717, 1.165) is 32.6 Å². The highest BCUT2D eigenvalue weighted by Crippen LogP contribution is 2.35. The molecule has 0 saturated heterocycles. The summed E-state index contributed by atoms with van der Waals surface area (Å²) in [6, 6.07) is 25.6. The molecular formula is C27H23N5O3S2. The van der Waals surface area contributed by atoms with Gasteiger partial charge in [0.2, 0.25) is 10.0 Å². The van der Waals surface area contributed by atoms with Gasteiger partial charge < -0.3 is 10.6 Å². The van der Waals surface area contributed by atoms with Crippen molar-refractivity contribution in [2.24, 2.45) is 16.0 Å². The number of benzene rings is 4. The molecule has 0 unspecified atom stereocenters. The lowest BCUT2D eigenvalue weighted by atomic mass is 10.1. The number of rotatable bonds is 5. The predicted molar refractivity (Wildman–Crippen MR) is 150 cm³/mol. The number of carbonyl (C=O) groups excluding carboxylic acids is 1. The summed E-state index contributed by atoms with van der Waals surface area (Å²) in [6.45, 7) is 2.24. The maximum atomic E-state index is 13.8. The van der Waals surface area contributed by atoms with Gasteiger partial charge in [-0.15, -0.1) is 0 Å². The molecule has 10 heteroatoms. The smallest absolute Gasteiger partial charge is 0.279 e. The summed E-state index contributed by atoms with van der Waals surface area (Å²) < 4.78 is 24.4. The SMILES string of the molecule is Cc1cccc2c1N(Cc1ccc3ccccc3c1)C(=O)/C2=N\N(C(N)=S)c1ccccc1S(N)(=O)=O. The van der Waals surface area contributed by atoms with Crippen LogP contribution in [0.5, 0.6) is 0 Å². The average Bonchev–Trinajstić information content (AvgIpc) is 3.13. The van der Waals surface area contributed by atoms with Crippen LogP contribution in [0.2, 0.25) is 0 Å². The van der Waals surface area contributed by atoms with Gasteiger partial charge in [0.25, 0.3) is 5.91 Å². The maximum Gasteiger partial charge on any atom is 0.279 e. The van der Waals surface area contributed by atoms with Crippen molar-refractivity contribution in [1.29, 1.82) is 0 Å². The molecule has 4 N–H and O–H groups in total. The van der Waals surface area contributed by atoms with E-state index in [-0.39, 0.29) is 27.3 Å². The van der Waals surface area contributed by atoms with Crippen molar-refractivity contribution in [3.63, 3.8) is 0 Å². The molecule has 4 aromatic rings. The number of primary sulfonamides is 1. The Labute approximate surface area is 219 Å². The molecule has 0 bridgehead atoms. The summed E-state index contributed by atoms with van der Waals surface area (Å²) in [5, 5.41) is 12.9. The first-order chi connectivity index (χ1) is 17.6. The number of thiocarbonyl (C=S) groups is 1. The van der Waals surface area contributed by atoms with Gasteiger partial charge in [-0.2, -0.15) is 5.10 Å². The minimum atomic E-state index is -4.12. The third-order valence-corrected chi connectivity index (χ3v) is 7.31. The van der Waals surface area contributed by atoms with Crippen molar-refractivity contribution in [3.8, 4) is 0 Å². The normalized spacial score (nSPS) is 14.3. The molecule has 0 atom stereocenters. The van der Waals surface area contributed by atoms with E-state index in [1.807, 2.05) is 55.5 Å². The highest BCUT2D eigenvalue weighted by Gasteiger charge is 2.36. The first kappa shape index (κ1) is 24.6. The Morgan fingerprint density at radius 3 is 2.41 bits per heavy atom. The molecule has 0 fully saturated rings. The Morgan fingerprint density at radius 1 is 0.973 bits per heavy atom. The van der Waals surface area contributed by atoms with Gasteiger partial charge in [0.15, 0.2) is 10.8 Å². The number of hydrogen-bond acceptors (Lipinski definition) is 5. The highest BCUT2D eigenvalue weighted by atomic mass is 32.2. The number of nitrogens with two attached hydrogens (primary N) is 2. The van der Waals surface area contributed by atoms with Crippen LogP contribution in [0.1, 0.15) is 16.7 Å². The maximum absolute atomic E-state index is 13.8. The van der Waals surface area contributed by atoms with Crippen molar-refractivity contribution in [2.75, 3.05) is 9.91 Å². The van der Waals surface area contributed by atoms with E-state index < -0.39 is 10.0 Å². The van der Waals surface area contributed by atoms with Crippen LogP contribution < -0.4 is 20.8 Å². The van der Waals surface area contributed by atoms with Gasteiger partial charge in [-0.05, 0) is 59.2 Å². The molecule has 0 aliphatic carbocycles. The minimum Gasteiger partial charge on any atom is -0.374 e. The Kier molecular flexibility index (Phi) is 6.24. The zero-order chi connectivity index (χ0) is 26.3. The second-order valence-corrected chi connectivity index (χ2v) is 10.6. The molecule has 186 valence electrons. The van der Waals surface area contributed by atoms with E-state index in [9.17, 15) is 13.2 Å². The Bertz CT molecular complexity index is 1720. The van der Waals surface area contributed by atoms with Crippen LogP contribution in [-0.4, -0.2) is 25.1 Å². The topological polar surface area (TPSA) is 122 Å². The van der Waals surface area contributed by atoms with Crippen LogP contribution in [0, 0.1) is 6.92 Å². The second kappa shape index (κ2) is 9.40. The van der Waals surface area contributed by atoms with E-state index in [1.165, 1.54) is 18.2 Å². The number of sulfonamides is 1. The predicted octanol–water partition coefficient (Wildman–Crippen LogP) is 3.80. The van der Waals surface area contributed by atoms with E-state index in [4.69, 9.17) is 23.1 Å². The first-order valence-corrected chi connectivity index (χ1v) is 13.3. The minimum absolute atomic E-state index is 0.0555. The number of para-hydroxylation sites is 2. The number of nitrogens with zero attached hydrogens (tertiary/aromatic N) is 3. The molecule has 0 saturated carbocycles. The monoisotopic (exact) mass is 529 g/mol. The van der Waals surface area contributed by atoms with Crippen LogP contribution in [0.25, 0.3) is 10.8 Å². The third kappa shape index (κ3) is 4.57. The zero-order valence-corrected chi connectivity index (χ0v) is 21.5. The van der Waals surface area contributed by atoms with Crippen LogP contribution in [0.4, 0.5) is 11.4 Å². The van der Waals surface area contributed by atoms with Gasteiger partial charge in [-0.3, -0.25) is 4.79 Å². The van der Waals surface area contributed by atoms with Gasteiger partial charge in [0, 0.05) is 5.56 Å². The quantitative estimate of drug-likeness (QED) is 0.300. The van der Waals surface area contributed by atoms with Crippen molar-refractivity contribution >= 4 is 61.1 Å². The van der Waals surface area contributed by atoms with Gasteiger partial charge >= 0.3 is 0 Å². The summed E-state index contributed by atoms with van der Waals surface area (Å²) in [6.07, 6.45) is 0. The molecule has 5 rings (SSSR count). The number of anilines is 2. The zero-order valence-electron chi connectivity index (χ0n) is 19.8. The van der Waals surface area contributed by atoms with Gasteiger partial charge in [-0.1, -0.05) is 66.7 Å². The molecule has 1 heterocycles. The van der Waals surface area contributed by atoms with Gasteiger partial charge in [0.1, 0.15) is 4.90 Å².